The molecule has 20 heavy (non-hydrogen) atoms. The van der Waals surface area contributed by atoms with Crippen molar-refractivity contribution in [2.75, 3.05) is 5.32 Å². The van der Waals surface area contributed by atoms with Gasteiger partial charge in [0.2, 0.25) is 5.91 Å². The molecule has 2 aromatic rings. The van der Waals surface area contributed by atoms with Crippen molar-refractivity contribution in [2.24, 2.45) is 12.8 Å². The Balaban J connectivity index is 2.06. The van der Waals surface area contributed by atoms with Gasteiger partial charge in [-0.1, -0.05) is 13.3 Å². The van der Waals surface area contributed by atoms with Gasteiger partial charge in [-0.2, -0.15) is 0 Å². The third-order valence-electron chi connectivity index (χ3n) is 3.06. The van der Waals surface area contributed by atoms with Crippen LogP contribution < -0.4 is 11.1 Å². The zero-order valence-corrected chi connectivity index (χ0v) is 11.7. The summed E-state index contributed by atoms with van der Waals surface area (Å²) in [4.78, 5) is 11.8. The van der Waals surface area contributed by atoms with E-state index in [2.05, 4.69) is 15.5 Å². The minimum Gasteiger partial charge on any atom is -0.325 e. The Hall–Kier alpha value is -2.21. The van der Waals surface area contributed by atoms with E-state index in [-0.39, 0.29) is 5.91 Å². The van der Waals surface area contributed by atoms with E-state index in [0.29, 0.717) is 6.42 Å². The highest BCUT2D eigenvalue weighted by Gasteiger charge is 2.12. The monoisotopic (exact) mass is 273 g/mol. The van der Waals surface area contributed by atoms with Crippen LogP contribution in [0, 0.1) is 0 Å². The predicted molar refractivity (Wildman–Crippen MR) is 78.0 cm³/mol. The van der Waals surface area contributed by atoms with Crippen LogP contribution in [0.1, 0.15) is 19.8 Å². The number of nitrogens with two attached hydrogens (primary N) is 1. The summed E-state index contributed by atoms with van der Waals surface area (Å²) in [6, 6.07) is 7.00. The van der Waals surface area contributed by atoms with Crippen molar-refractivity contribution >= 4 is 11.6 Å². The van der Waals surface area contributed by atoms with Gasteiger partial charge in [-0.3, -0.25) is 4.79 Å². The van der Waals surface area contributed by atoms with Crippen LogP contribution in [0.25, 0.3) is 11.4 Å². The van der Waals surface area contributed by atoms with Crippen molar-refractivity contribution in [1.82, 2.24) is 14.8 Å². The van der Waals surface area contributed by atoms with E-state index in [1.54, 1.807) is 6.33 Å². The third kappa shape index (κ3) is 3.21. The second-order valence-electron chi connectivity index (χ2n) is 4.73. The van der Waals surface area contributed by atoms with E-state index in [0.717, 1.165) is 23.5 Å². The molecule has 0 unspecified atom stereocenters. The molecule has 3 N–H and O–H groups in total. The number of anilines is 1. The summed E-state index contributed by atoms with van der Waals surface area (Å²) in [7, 11) is 1.88. The van der Waals surface area contributed by atoms with Crippen molar-refractivity contribution in [3.8, 4) is 11.4 Å². The minimum atomic E-state index is -0.460. The number of aryl methyl sites for hydroxylation is 1. The lowest BCUT2D eigenvalue weighted by Gasteiger charge is -2.11. The summed E-state index contributed by atoms with van der Waals surface area (Å²) in [6.45, 7) is 2.00. The second-order valence-corrected chi connectivity index (χ2v) is 4.73. The number of hydrogen-bond donors (Lipinski definition) is 2. The number of aromatic nitrogens is 3. The highest BCUT2D eigenvalue weighted by Crippen LogP contribution is 2.18. The van der Waals surface area contributed by atoms with Gasteiger partial charge in [0.25, 0.3) is 0 Å². The quantitative estimate of drug-likeness (QED) is 0.865. The molecule has 1 aromatic carbocycles. The van der Waals surface area contributed by atoms with Gasteiger partial charge >= 0.3 is 0 Å². The van der Waals surface area contributed by atoms with E-state index in [4.69, 9.17) is 5.73 Å². The zero-order chi connectivity index (χ0) is 14.5. The molecule has 0 saturated heterocycles. The van der Waals surface area contributed by atoms with E-state index in [1.165, 1.54) is 0 Å². The molecule has 1 aromatic heterocycles. The molecule has 0 radical (unpaired) electrons. The van der Waals surface area contributed by atoms with Crippen LogP contribution in [0.2, 0.25) is 0 Å². The normalized spacial score (nSPS) is 12.2. The van der Waals surface area contributed by atoms with Crippen molar-refractivity contribution in [3.05, 3.63) is 30.6 Å². The van der Waals surface area contributed by atoms with Crippen LogP contribution in [-0.4, -0.2) is 26.7 Å². The third-order valence-corrected chi connectivity index (χ3v) is 3.06. The Kier molecular flexibility index (Phi) is 4.47. The Morgan fingerprint density at radius 1 is 1.40 bits per heavy atom. The fraction of sp³-hybridized carbons (Fsp3) is 0.357. The van der Waals surface area contributed by atoms with Crippen LogP contribution in [-0.2, 0) is 11.8 Å². The number of benzene rings is 1. The molecule has 1 atom stereocenters. The first-order chi connectivity index (χ1) is 9.61. The van der Waals surface area contributed by atoms with Crippen LogP contribution >= 0.6 is 0 Å². The van der Waals surface area contributed by atoms with Crippen LogP contribution in [0.4, 0.5) is 5.69 Å². The van der Waals surface area contributed by atoms with Gasteiger partial charge < -0.3 is 15.6 Å². The van der Waals surface area contributed by atoms with E-state index in [1.807, 2.05) is 42.8 Å². The van der Waals surface area contributed by atoms with Gasteiger partial charge in [-0.15, -0.1) is 10.2 Å². The number of carbonyl (C=O) groups is 1. The van der Waals surface area contributed by atoms with E-state index < -0.39 is 6.04 Å². The van der Waals surface area contributed by atoms with Crippen LogP contribution in [0.5, 0.6) is 0 Å². The number of amides is 1. The highest BCUT2D eigenvalue weighted by atomic mass is 16.2. The molecule has 2 rings (SSSR count). The van der Waals surface area contributed by atoms with Crippen molar-refractivity contribution in [2.45, 2.75) is 25.8 Å². The number of rotatable bonds is 5. The molecule has 1 amide bonds. The first-order valence-corrected chi connectivity index (χ1v) is 6.62. The predicted octanol–water partition coefficient (Wildman–Crippen LogP) is 1.55. The van der Waals surface area contributed by atoms with Gasteiger partial charge in [-0.25, -0.2) is 0 Å². The maximum atomic E-state index is 11.8. The average Bonchev–Trinajstić information content (AvgIpc) is 2.86. The molecule has 0 aliphatic carbocycles. The fourth-order valence-corrected chi connectivity index (χ4v) is 1.92. The summed E-state index contributed by atoms with van der Waals surface area (Å²) >= 11 is 0. The minimum absolute atomic E-state index is 0.154. The molecule has 0 aliphatic heterocycles. The number of carbonyl (C=O) groups excluding carboxylic acids is 1. The smallest absolute Gasteiger partial charge is 0.241 e. The molecule has 0 saturated carbocycles. The SMILES string of the molecule is CCC[C@@H](N)C(=O)Nc1ccc(-c2nncn2C)cc1. The largest absolute Gasteiger partial charge is 0.325 e. The maximum absolute atomic E-state index is 11.8. The first kappa shape index (κ1) is 14.2. The lowest BCUT2D eigenvalue weighted by atomic mass is 10.1. The second kappa shape index (κ2) is 6.29. The van der Waals surface area contributed by atoms with Crippen LogP contribution in [0.15, 0.2) is 30.6 Å². The summed E-state index contributed by atoms with van der Waals surface area (Å²) in [5.74, 6) is 0.629. The summed E-state index contributed by atoms with van der Waals surface area (Å²) in [5, 5.41) is 10.7. The van der Waals surface area contributed by atoms with E-state index >= 15 is 0 Å². The molecular formula is C14H19N5O. The van der Waals surface area contributed by atoms with Gasteiger partial charge in [0, 0.05) is 18.3 Å². The number of nitrogens with zero attached hydrogens (tertiary/aromatic N) is 3. The lowest BCUT2D eigenvalue weighted by molar-refractivity contribution is -0.117. The van der Waals surface area contributed by atoms with Gasteiger partial charge in [-0.05, 0) is 30.7 Å². The van der Waals surface area contributed by atoms with Crippen LogP contribution in [0.3, 0.4) is 0 Å². The standard InChI is InChI=1S/C14H19N5O/c1-3-4-12(15)14(20)17-11-7-5-10(6-8-11)13-18-16-9-19(13)2/h5-9,12H,3-4,15H2,1-2H3,(H,17,20)/t12-/m1/s1. The summed E-state index contributed by atoms with van der Waals surface area (Å²) < 4.78 is 1.84. The maximum Gasteiger partial charge on any atom is 0.241 e. The van der Waals surface area contributed by atoms with Crippen molar-refractivity contribution in [3.63, 3.8) is 0 Å². The fourth-order valence-electron chi connectivity index (χ4n) is 1.92. The van der Waals surface area contributed by atoms with Gasteiger partial charge in [0.05, 0.1) is 6.04 Å². The highest BCUT2D eigenvalue weighted by molar-refractivity contribution is 5.94. The Morgan fingerprint density at radius 2 is 2.10 bits per heavy atom. The van der Waals surface area contributed by atoms with Gasteiger partial charge in [0.1, 0.15) is 6.33 Å². The Labute approximate surface area is 118 Å². The molecular weight excluding hydrogens is 254 g/mol. The molecule has 6 heteroatoms. The van der Waals surface area contributed by atoms with Crippen molar-refractivity contribution < 1.29 is 4.79 Å². The van der Waals surface area contributed by atoms with Gasteiger partial charge in [0.15, 0.2) is 5.82 Å². The Bertz CT molecular complexity index is 576. The summed E-state index contributed by atoms with van der Waals surface area (Å²) in [5.41, 5.74) is 7.44. The lowest BCUT2D eigenvalue weighted by Crippen LogP contribution is -2.35. The molecule has 6 nitrogen and oxygen atoms in total. The Morgan fingerprint density at radius 3 is 2.65 bits per heavy atom. The molecule has 0 fully saturated rings. The number of hydrogen-bond acceptors (Lipinski definition) is 4. The molecule has 0 aliphatic rings. The summed E-state index contributed by atoms with van der Waals surface area (Å²) in [6.07, 6.45) is 3.22. The molecule has 106 valence electrons. The molecule has 0 spiro atoms. The number of nitrogens with one attached hydrogen (secondary N) is 1. The zero-order valence-electron chi connectivity index (χ0n) is 11.7. The van der Waals surface area contributed by atoms with Crippen molar-refractivity contribution in [1.29, 1.82) is 0 Å². The topological polar surface area (TPSA) is 85.8 Å². The first-order valence-electron chi connectivity index (χ1n) is 6.62. The van der Waals surface area contributed by atoms with E-state index in [9.17, 15) is 4.79 Å². The molecule has 1 heterocycles. The molecule has 0 bridgehead atoms. The average molecular weight is 273 g/mol.